The van der Waals surface area contributed by atoms with Crippen LogP contribution in [0.25, 0.3) is 6.08 Å². The van der Waals surface area contributed by atoms with E-state index in [4.69, 9.17) is 9.90 Å². The number of hydrogen-bond acceptors (Lipinski definition) is 4. The zero-order valence-corrected chi connectivity index (χ0v) is 19.4. The Morgan fingerprint density at radius 2 is 1.61 bits per heavy atom. The maximum Gasteiger partial charge on any atom is 0.490 e. The maximum absolute atomic E-state index is 13.2. The summed E-state index contributed by atoms with van der Waals surface area (Å²) in [4.78, 5) is 24.4. The zero-order chi connectivity index (χ0) is 25.9. The molecule has 186 valence electrons. The molecule has 0 saturated carbocycles. The Bertz CT molecular complexity index is 1310. The number of aryl methyl sites for hydroxylation is 1. The highest BCUT2D eigenvalue weighted by atomic mass is 19.4. The standard InChI is InChI=1S/C25H23N3O.C2HF3O2/c1-27-17-20-12-13-28(16-19-10-6-3-7-11-19)22-14-21(25(29)24(27)23(20)22)26-15-18-8-4-2-5-9-18;3-2(4,5)1(6)7/h2-14,17,22,26H,15-16H2,1H3;(H,6,7). The number of carbonyl (C=O) groups excluding carboxylic acids is 1. The molecule has 0 saturated heterocycles. The fourth-order valence-corrected chi connectivity index (χ4v) is 4.25. The Balaban J connectivity index is 0.000000384. The summed E-state index contributed by atoms with van der Waals surface area (Å²) in [6, 6.07) is 20.7. The van der Waals surface area contributed by atoms with Gasteiger partial charge < -0.3 is 19.9 Å². The number of benzene rings is 2. The van der Waals surface area contributed by atoms with Crippen molar-refractivity contribution in [1.82, 2.24) is 14.8 Å². The van der Waals surface area contributed by atoms with Gasteiger partial charge in [0.05, 0.1) is 17.4 Å². The summed E-state index contributed by atoms with van der Waals surface area (Å²) in [5.74, 6) is -2.69. The van der Waals surface area contributed by atoms with Crippen LogP contribution in [0.5, 0.6) is 0 Å². The van der Waals surface area contributed by atoms with Gasteiger partial charge in [0.15, 0.2) is 0 Å². The van der Waals surface area contributed by atoms with Gasteiger partial charge in [-0.1, -0.05) is 60.7 Å². The first kappa shape index (κ1) is 24.8. The van der Waals surface area contributed by atoms with Crippen LogP contribution in [0.15, 0.2) is 84.8 Å². The molecule has 1 aromatic heterocycles. The van der Waals surface area contributed by atoms with Crippen LogP contribution < -0.4 is 5.32 Å². The van der Waals surface area contributed by atoms with E-state index in [9.17, 15) is 18.0 Å². The molecule has 1 atom stereocenters. The lowest BCUT2D eigenvalue weighted by atomic mass is 9.89. The highest BCUT2D eigenvalue weighted by molar-refractivity contribution is 6.10. The molecular formula is C27H24F3N3O3. The second kappa shape index (κ2) is 10.2. The number of carboxylic acids is 1. The Labute approximate surface area is 206 Å². The van der Waals surface area contributed by atoms with Crippen LogP contribution >= 0.6 is 0 Å². The van der Waals surface area contributed by atoms with Crippen LogP contribution in [0.4, 0.5) is 13.2 Å². The number of hydrogen-bond donors (Lipinski definition) is 2. The molecule has 0 amide bonds. The molecule has 2 aliphatic rings. The van der Waals surface area contributed by atoms with Crippen molar-refractivity contribution >= 4 is 17.8 Å². The molecule has 0 bridgehead atoms. The molecule has 5 rings (SSSR count). The lowest BCUT2D eigenvalue weighted by Crippen LogP contribution is -2.33. The van der Waals surface area contributed by atoms with Crippen molar-refractivity contribution in [3.63, 3.8) is 0 Å². The van der Waals surface area contributed by atoms with Crippen LogP contribution in [0.1, 0.15) is 38.8 Å². The molecular weight excluding hydrogens is 471 g/mol. The van der Waals surface area contributed by atoms with Crippen LogP contribution in [-0.2, 0) is 24.9 Å². The molecule has 1 aliphatic carbocycles. The molecule has 9 heteroatoms. The molecule has 6 nitrogen and oxygen atoms in total. The van der Waals surface area contributed by atoms with Gasteiger partial charge in [-0.2, -0.15) is 13.2 Å². The summed E-state index contributed by atoms with van der Waals surface area (Å²) in [5.41, 5.74) is 6.11. The first-order chi connectivity index (χ1) is 17.1. The van der Waals surface area contributed by atoms with Crippen molar-refractivity contribution < 1.29 is 27.9 Å². The van der Waals surface area contributed by atoms with Gasteiger partial charge in [-0.25, -0.2) is 4.79 Å². The van der Waals surface area contributed by atoms with Gasteiger partial charge in [0.2, 0.25) is 5.78 Å². The third-order valence-corrected chi connectivity index (χ3v) is 5.91. The van der Waals surface area contributed by atoms with E-state index in [1.165, 1.54) is 5.56 Å². The Hall–Kier alpha value is -4.27. The van der Waals surface area contributed by atoms with E-state index < -0.39 is 12.1 Å². The average Bonchev–Trinajstić information content (AvgIpc) is 3.19. The first-order valence-corrected chi connectivity index (χ1v) is 11.2. The summed E-state index contributed by atoms with van der Waals surface area (Å²) in [6.45, 7) is 1.43. The number of alkyl halides is 3. The van der Waals surface area contributed by atoms with Gasteiger partial charge in [-0.05, 0) is 28.8 Å². The molecule has 2 N–H and O–H groups in total. The number of ketones is 1. The lowest BCUT2D eigenvalue weighted by Gasteiger charge is -2.35. The monoisotopic (exact) mass is 495 g/mol. The Morgan fingerprint density at radius 1 is 1.03 bits per heavy atom. The molecule has 2 heterocycles. The predicted octanol–water partition coefficient (Wildman–Crippen LogP) is 5.06. The van der Waals surface area contributed by atoms with Crippen molar-refractivity contribution in [3.8, 4) is 0 Å². The predicted molar refractivity (Wildman–Crippen MR) is 129 cm³/mol. The van der Waals surface area contributed by atoms with Gasteiger partial charge in [-0.15, -0.1) is 0 Å². The maximum atomic E-state index is 13.2. The largest absolute Gasteiger partial charge is 0.490 e. The molecule has 36 heavy (non-hydrogen) atoms. The Morgan fingerprint density at radius 3 is 2.19 bits per heavy atom. The highest BCUT2D eigenvalue weighted by Gasteiger charge is 2.38. The normalized spacial score (nSPS) is 16.0. The van der Waals surface area contributed by atoms with Crippen LogP contribution in [0.3, 0.4) is 0 Å². The van der Waals surface area contributed by atoms with Gasteiger partial charge in [0, 0.05) is 38.1 Å². The number of carboxylic acid groups (broad SMARTS) is 1. The van der Waals surface area contributed by atoms with Crippen molar-refractivity contribution in [2.24, 2.45) is 7.05 Å². The molecule has 2 aromatic carbocycles. The van der Waals surface area contributed by atoms with Gasteiger partial charge in [0.25, 0.3) is 0 Å². The van der Waals surface area contributed by atoms with Gasteiger partial charge in [0.1, 0.15) is 0 Å². The summed E-state index contributed by atoms with van der Waals surface area (Å²) < 4.78 is 33.7. The van der Waals surface area contributed by atoms with E-state index in [0.717, 1.165) is 28.9 Å². The zero-order valence-electron chi connectivity index (χ0n) is 19.4. The number of aliphatic carboxylic acids is 1. The molecule has 0 spiro atoms. The molecule has 0 radical (unpaired) electrons. The van der Waals surface area contributed by atoms with E-state index >= 15 is 0 Å². The SMILES string of the molecule is Cn1cc2c3c1C(=O)C(NCc1ccccc1)=CC3N(Cc1ccccc1)C=C2.O=C(O)C(F)(F)F. The fourth-order valence-electron chi connectivity index (χ4n) is 4.25. The summed E-state index contributed by atoms with van der Waals surface area (Å²) in [5, 5.41) is 10.5. The number of nitrogens with zero attached hydrogens (tertiary/aromatic N) is 2. The van der Waals surface area contributed by atoms with Crippen LogP contribution in [-0.4, -0.2) is 32.5 Å². The summed E-state index contributed by atoms with van der Waals surface area (Å²) in [6.07, 6.45) is 3.32. The number of rotatable bonds is 5. The smallest absolute Gasteiger partial charge is 0.475 e. The second-order valence-corrected chi connectivity index (χ2v) is 8.43. The number of Topliss-reactive ketones (excluding diaryl/α,β-unsaturated/α-hetero) is 1. The number of nitrogens with one attached hydrogen (secondary N) is 1. The van der Waals surface area contributed by atoms with Crippen molar-refractivity contribution in [2.45, 2.75) is 25.3 Å². The Kier molecular flexibility index (Phi) is 7.00. The first-order valence-electron chi connectivity index (χ1n) is 11.2. The van der Waals surface area contributed by atoms with E-state index in [1.807, 2.05) is 35.9 Å². The quantitative estimate of drug-likeness (QED) is 0.518. The average molecular weight is 496 g/mol. The van der Waals surface area contributed by atoms with Crippen molar-refractivity contribution in [1.29, 1.82) is 0 Å². The molecule has 1 aliphatic heterocycles. The minimum absolute atomic E-state index is 0.0439. The lowest BCUT2D eigenvalue weighted by molar-refractivity contribution is -0.192. The van der Waals surface area contributed by atoms with E-state index in [1.54, 1.807) is 0 Å². The van der Waals surface area contributed by atoms with Crippen molar-refractivity contribution in [3.05, 3.63) is 113 Å². The molecule has 3 aromatic rings. The molecule has 1 unspecified atom stereocenters. The number of carbonyl (C=O) groups is 2. The second-order valence-electron chi connectivity index (χ2n) is 8.43. The number of allylic oxidation sites excluding steroid dienone is 1. The van der Waals surface area contributed by atoms with E-state index in [2.05, 4.69) is 71.2 Å². The summed E-state index contributed by atoms with van der Waals surface area (Å²) in [7, 11) is 1.96. The minimum Gasteiger partial charge on any atom is -0.475 e. The van der Waals surface area contributed by atoms with Crippen LogP contribution in [0.2, 0.25) is 0 Å². The van der Waals surface area contributed by atoms with Gasteiger partial charge >= 0.3 is 12.1 Å². The highest BCUT2D eigenvalue weighted by Crippen LogP contribution is 2.40. The van der Waals surface area contributed by atoms with Crippen LogP contribution in [0, 0.1) is 0 Å². The third kappa shape index (κ3) is 5.35. The van der Waals surface area contributed by atoms with E-state index in [-0.39, 0.29) is 11.8 Å². The number of halogens is 3. The number of aromatic nitrogens is 1. The topological polar surface area (TPSA) is 74.6 Å². The minimum atomic E-state index is -5.08. The fraction of sp³-hybridized carbons (Fsp3) is 0.185. The van der Waals surface area contributed by atoms with Crippen molar-refractivity contribution in [2.75, 3.05) is 0 Å². The van der Waals surface area contributed by atoms with E-state index in [0.29, 0.717) is 12.2 Å². The molecule has 0 fully saturated rings. The third-order valence-electron chi connectivity index (χ3n) is 5.91. The van der Waals surface area contributed by atoms with Gasteiger partial charge in [-0.3, -0.25) is 4.79 Å². The summed E-state index contributed by atoms with van der Waals surface area (Å²) >= 11 is 0.